The van der Waals surface area contributed by atoms with Gasteiger partial charge in [-0.15, -0.1) is 0 Å². The number of aliphatic hydroxyl groups excluding tert-OH is 1. The van der Waals surface area contributed by atoms with E-state index in [4.69, 9.17) is 4.74 Å². The topological polar surface area (TPSA) is 62.7 Å². The van der Waals surface area contributed by atoms with Crippen LogP contribution in [0, 0.1) is 5.92 Å². The van der Waals surface area contributed by atoms with Crippen LogP contribution in [0.3, 0.4) is 0 Å². The van der Waals surface area contributed by atoms with Crippen molar-refractivity contribution in [3.63, 3.8) is 0 Å². The highest BCUT2D eigenvalue weighted by Gasteiger charge is 2.39. The number of carbonyl (C=O) groups excluding carboxylic acids is 1. The summed E-state index contributed by atoms with van der Waals surface area (Å²) >= 11 is 0. The number of amides is 1. The van der Waals surface area contributed by atoms with E-state index >= 15 is 0 Å². The van der Waals surface area contributed by atoms with Crippen molar-refractivity contribution in [1.82, 2.24) is 9.88 Å². The van der Waals surface area contributed by atoms with Crippen LogP contribution in [0.1, 0.15) is 38.1 Å². The molecule has 1 fully saturated rings. The van der Waals surface area contributed by atoms with E-state index in [9.17, 15) is 23.1 Å². The van der Waals surface area contributed by atoms with Crippen molar-refractivity contribution in [3.05, 3.63) is 29.6 Å². The first kappa shape index (κ1) is 17.5. The lowest BCUT2D eigenvalue weighted by molar-refractivity contribution is -0.141. The lowest BCUT2D eigenvalue weighted by atomic mass is 9.89. The molecule has 1 unspecified atom stereocenters. The summed E-state index contributed by atoms with van der Waals surface area (Å²) in [4.78, 5) is 16.5. The summed E-state index contributed by atoms with van der Waals surface area (Å²) in [6.07, 6.45) is -5.12. The van der Waals surface area contributed by atoms with Gasteiger partial charge in [0, 0.05) is 25.2 Å². The van der Waals surface area contributed by atoms with Crippen LogP contribution in [0.4, 0.5) is 18.0 Å². The minimum Gasteiger partial charge on any atom is -0.444 e. The number of ether oxygens (including phenoxy) is 1. The maximum absolute atomic E-state index is 12.6. The summed E-state index contributed by atoms with van der Waals surface area (Å²) in [6, 6.07) is 2.18. The third-order valence-corrected chi connectivity index (χ3v) is 3.42. The van der Waals surface area contributed by atoms with Gasteiger partial charge in [-0.25, -0.2) is 4.79 Å². The monoisotopic (exact) mass is 332 g/mol. The zero-order chi connectivity index (χ0) is 17.4. The normalized spacial score (nSPS) is 17.6. The van der Waals surface area contributed by atoms with E-state index in [0.717, 1.165) is 12.3 Å². The van der Waals surface area contributed by atoms with Gasteiger partial charge in [-0.05, 0) is 38.5 Å². The summed E-state index contributed by atoms with van der Waals surface area (Å²) in [6.45, 7) is 5.70. The van der Waals surface area contributed by atoms with Crippen molar-refractivity contribution in [2.75, 3.05) is 13.1 Å². The number of halogens is 3. The molecule has 1 amide bonds. The lowest BCUT2D eigenvalue weighted by Crippen LogP contribution is -2.53. The molecule has 1 aliphatic heterocycles. The van der Waals surface area contributed by atoms with E-state index in [0.29, 0.717) is 0 Å². The van der Waals surface area contributed by atoms with Gasteiger partial charge >= 0.3 is 12.3 Å². The van der Waals surface area contributed by atoms with Crippen LogP contribution in [0.5, 0.6) is 0 Å². The summed E-state index contributed by atoms with van der Waals surface area (Å²) in [5.74, 6) is -0.328. The van der Waals surface area contributed by atoms with Gasteiger partial charge in [0.15, 0.2) is 0 Å². The van der Waals surface area contributed by atoms with E-state index in [1.165, 1.54) is 11.0 Å². The molecule has 23 heavy (non-hydrogen) atoms. The predicted octanol–water partition coefficient (Wildman–Crippen LogP) is 3.00. The molecule has 2 heterocycles. The minimum absolute atomic E-state index is 0.140. The second-order valence-corrected chi connectivity index (χ2v) is 6.56. The number of carbonyl (C=O) groups is 1. The first-order chi connectivity index (χ1) is 10.5. The van der Waals surface area contributed by atoms with E-state index in [2.05, 4.69) is 4.98 Å². The van der Waals surface area contributed by atoms with Crippen molar-refractivity contribution < 1.29 is 27.8 Å². The molecule has 1 aliphatic rings. The number of nitrogens with zero attached hydrogens (tertiary/aromatic N) is 2. The van der Waals surface area contributed by atoms with E-state index < -0.39 is 29.7 Å². The summed E-state index contributed by atoms with van der Waals surface area (Å²) in [5.41, 5.74) is -1.52. The Bertz CT molecular complexity index is 578. The van der Waals surface area contributed by atoms with Crippen molar-refractivity contribution >= 4 is 6.09 Å². The van der Waals surface area contributed by atoms with Gasteiger partial charge in [0.2, 0.25) is 0 Å². The van der Waals surface area contributed by atoms with E-state index in [-0.39, 0.29) is 24.6 Å². The zero-order valence-electron chi connectivity index (χ0n) is 13.1. The fourth-order valence-corrected chi connectivity index (χ4v) is 2.25. The van der Waals surface area contributed by atoms with Crippen LogP contribution in [-0.2, 0) is 10.9 Å². The van der Waals surface area contributed by atoms with Crippen LogP contribution in [-0.4, -0.2) is 39.8 Å². The molecule has 1 N–H and O–H groups in total. The van der Waals surface area contributed by atoms with E-state index in [1.807, 2.05) is 0 Å². The largest absolute Gasteiger partial charge is 0.444 e. The Hall–Kier alpha value is -1.83. The molecule has 0 saturated carbocycles. The number of rotatable bonds is 2. The molecule has 0 aromatic carbocycles. The van der Waals surface area contributed by atoms with Gasteiger partial charge in [-0.2, -0.15) is 13.2 Å². The smallest absolute Gasteiger partial charge is 0.433 e. The van der Waals surface area contributed by atoms with Gasteiger partial charge in [0.05, 0.1) is 6.10 Å². The molecule has 2 rings (SSSR count). The van der Waals surface area contributed by atoms with E-state index in [1.54, 1.807) is 20.8 Å². The Morgan fingerprint density at radius 1 is 1.39 bits per heavy atom. The van der Waals surface area contributed by atoms with Crippen LogP contribution in [0.2, 0.25) is 0 Å². The quantitative estimate of drug-likeness (QED) is 0.904. The Labute approximate surface area is 132 Å². The molecule has 1 aromatic rings. The Morgan fingerprint density at radius 3 is 2.52 bits per heavy atom. The third kappa shape index (κ3) is 4.34. The van der Waals surface area contributed by atoms with Gasteiger partial charge in [-0.1, -0.05) is 0 Å². The number of hydrogen-bond donors (Lipinski definition) is 1. The van der Waals surface area contributed by atoms with Crippen molar-refractivity contribution in [2.24, 2.45) is 5.92 Å². The molecule has 0 bridgehead atoms. The Morgan fingerprint density at radius 2 is 2.00 bits per heavy atom. The Kier molecular flexibility index (Phi) is 4.57. The number of pyridine rings is 1. The average Bonchev–Trinajstić information content (AvgIpc) is 2.33. The molecule has 1 atom stereocenters. The van der Waals surface area contributed by atoms with Crippen LogP contribution < -0.4 is 0 Å². The lowest BCUT2D eigenvalue weighted by Gasteiger charge is -2.42. The maximum atomic E-state index is 12.6. The second kappa shape index (κ2) is 5.99. The second-order valence-electron chi connectivity index (χ2n) is 6.56. The van der Waals surface area contributed by atoms with Crippen molar-refractivity contribution in [1.29, 1.82) is 0 Å². The third-order valence-electron chi connectivity index (χ3n) is 3.42. The van der Waals surface area contributed by atoms with Crippen LogP contribution in [0.15, 0.2) is 18.3 Å². The van der Waals surface area contributed by atoms with Crippen molar-refractivity contribution in [3.8, 4) is 0 Å². The van der Waals surface area contributed by atoms with Gasteiger partial charge in [0.1, 0.15) is 11.3 Å². The first-order valence-electron chi connectivity index (χ1n) is 7.16. The standard InChI is InChI=1S/C15H19F3N2O3/c1-14(2,3)23-13(22)20-7-10(8-20)12(21)9-4-5-19-11(6-9)15(16,17)18/h4-6,10,12,21H,7-8H2,1-3H3. The maximum Gasteiger partial charge on any atom is 0.433 e. The fraction of sp³-hybridized carbons (Fsp3) is 0.600. The molecule has 0 aliphatic carbocycles. The Balaban J connectivity index is 1.97. The number of aliphatic hydroxyl groups is 1. The van der Waals surface area contributed by atoms with Crippen LogP contribution in [0.25, 0.3) is 0 Å². The molecule has 128 valence electrons. The molecule has 1 saturated heterocycles. The molecule has 1 aromatic heterocycles. The summed E-state index contributed by atoms with van der Waals surface area (Å²) in [5, 5.41) is 10.2. The molecular formula is C15H19F3N2O3. The highest BCUT2D eigenvalue weighted by Crippen LogP contribution is 2.34. The average molecular weight is 332 g/mol. The zero-order valence-corrected chi connectivity index (χ0v) is 13.1. The SMILES string of the molecule is CC(C)(C)OC(=O)N1CC(C(O)c2ccnc(C(F)(F)F)c2)C1. The van der Waals surface area contributed by atoms with Gasteiger partial charge in [-0.3, -0.25) is 4.98 Å². The predicted molar refractivity (Wildman–Crippen MR) is 75.5 cm³/mol. The van der Waals surface area contributed by atoms with Crippen LogP contribution >= 0.6 is 0 Å². The summed E-state index contributed by atoms with van der Waals surface area (Å²) < 4.78 is 43.1. The fourth-order valence-electron chi connectivity index (χ4n) is 2.25. The highest BCUT2D eigenvalue weighted by atomic mass is 19.4. The van der Waals surface area contributed by atoms with Gasteiger partial charge in [0.25, 0.3) is 0 Å². The number of hydrogen-bond acceptors (Lipinski definition) is 4. The number of likely N-dealkylation sites (tertiary alicyclic amines) is 1. The molecule has 0 spiro atoms. The first-order valence-corrected chi connectivity index (χ1v) is 7.16. The molecule has 0 radical (unpaired) electrons. The van der Waals surface area contributed by atoms with Crippen molar-refractivity contribution in [2.45, 2.75) is 38.7 Å². The minimum atomic E-state index is -4.56. The van der Waals surface area contributed by atoms with Gasteiger partial charge < -0.3 is 14.7 Å². The summed E-state index contributed by atoms with van der Waals surface area (Å²) in [7, 11) is 0. The number of aromatic nitrogens is 1. The molecular weight excluding hydrogens is 313 g/mol. The number of alkyl halides is 3. The molecule has 5 nitrogen and oxygen atoms in total. The molecule has 8 heteroatoms. The highest BCUT2D eigenvalue weighted by molar-refractivity contribution is 5.69.